The predicted molar refractivity (Wildman–Crippen MR) is 105 cm³/mol. The number of rotatable bonds is 6. The van der Waals surface area contributed by atoms with Crippen LogP contribution < -0.4 is 10.6 Å². The summed E-state index contributed by atoms with van der Waals surface area (Å²) in [6.45, 7) is 5.15. The quantitative estimate of drug-likeness (QED) is 0.388. The smallest absolute Gasteiger partial charge is 0.246 e. The Labute approximate surface area is 164 Å². The summed E-state index contributed by atoms with van der Waals surface area (Å²) in [7, 11) is 1.74. The summed E-state index contributed by atoms with van der Waals surface area (Å²) in [6.07, 6.45) is 4.20. The van der Waals surface area contributed by atoms with Gasteiger partial charge < -0.3 is 19.6 Å². The molecule has 0 saturated carbocycles. The van der Waals surface area contributed by atoms with Gasteiger partial charge in [-0.2, -0.15) is 4.98 Å². The summed E-state index contributed by atoms with van der Waals surface area (Å²) in [6, 6.07) is 4.16. The van der Waals surface area contributed by atoms with E-state index in [1.807, 2.05) is 12.1 Å². The molecule has 0 amide bonds. The van der Waals surface area contributed by atoms with E-state index in [9.17, 15) is 0 Å². The highest BCUT2D eigenvalue weighted by molar-refractivity contribution is 14.0. The fraction of sp³-hybridized carbons (Fsp3) is 0.562. The lowest BCUT2D eigenvalue weighted by Crippen LogP contribution is -2.42. The predicted octanol–water partition coefficient (Wildman–Crippen LogP) is 2.09. The Morgan fingerprint density at radius 2 is 2.16 bits per heavy atom. The number of halogens is 1. The van der Waals surface area contributed by atoms with Crippen LogP contribution in [0.15, 0.2) is 32.3 Å². The minimum absolute atomic E-state index is 0. The van der Waals surface area contributed by atoms with Gasteiger partial charge in [-0.3, -0.25) is 9.89 Å². The molecule has 8 nitrogen and oxygen atoms in total. The second-order valence-electron chi connectivity index (χ2n) is 5.82. The molecule has 2 aromatic heterocycles. The number of aryl methyl sites for hydroxylation is 1. The second-order valence-corrected chi connectivity index (χ2v) is 5.82. The second kappa shape index (κ2) is 9.76. The highest BCUT2D eigenvalue weighted by atomic mass is 127. The van der Waals surface area contributed by atoms with Crippen LogP contribution in [0.5, 0.6) is 0 Å². The van der Waals surface area contributed by atoms with Crippen molar-refractivity contribution < 1.29 is 8.94 Å². The number of furan rings is 1. The number of aromatic nitrogens is 2. The fourth-order valence-electron chi connectivity index (χ4n) is 2.93. The average molecular weight is 460 g/mol. The summed E-state index contributed by atoms with van der Waals surface area (Å²) < 4.78 is 10.7. The first-order valence-corrected chi connectivity index (χ1v) is 8.27. The third-order valence-corrected chi connectivity index (χ3v) is 4.12. The fourth-order valence-corrected chi connectivity index (χ4v) is 2.93. The van der Waals surface area contributed by atoms with Crippen LogP contribution >= 0.6 is 24.0 Å². The maximum atomic E-state index is 5.63. The Morgan fingerprint density at radius 3 is 2.76 bits per heavy atom. The summed E-state index contributed by atoms with van der Waals surface area (Å²) in [5, 5.41) is 10.3. The SMILES string of the molecule is CN=C(NCc1nc(C)no1)NCC(c1ccco1)N1CCCC1.I. The molecule has 0 radical (unpaired) electrons. The summed E-state index contributed by atoms with van der Waals surface area (Å²) in [5.41, 5.74) is 0. The molecule has 0 aliphatic carbocycles. The van der Waals surface area contributed by atoms with E-state index in [4.69, 9.17) is 8.94 Å². The lowest BCUT2D eigenvalue weighted by Gasteiger charge is -2.26. The van der Waals surface area contributed by atoms with Gasteiger partial charge in [-0.1, -0.05) is 5.16 Å². The largest absolute Gasteiger partial charge is 0.468 e. The molecular formula is C16H25IN6O2. The number of hydrogen-bond acceptors (Lipinski definition) is 6. The van der Waals surface area contributed by atoms with Crippen molar-refractivity contribution >= 4 is 29.9 Å². The van der Waals surface area contributed by atoms with Gasteiger partial charge in [0.1, 0.15) is 5.76 Å². The number of hydrogen-bond donors (Lipinski definition) is 2. The number of likely N-dealkylation sites (tertiary alicyclic amines) is 1. The lowest BCUT2D eigenvalue weighted by molar-refractivity contribution is 0.215. The Morgan fingerprint density at radius 1 is 1.36 bits per heavy atom. The van der Waals surface area contributed by atoms with Gasteiger partial charge in [0.25, 0.3) is 0 Å². The van der Waals surface area contributed by atoms with Gasteiger partial charge in [0, 0.05) is 13.6 Å². The zero-order valence-corrected chi connectivity index (χ0v) is 16.9. The van der Waals surface area contributed by atoms with Gasteiger partial charge >= 0.3 is 0 Å². The molecule has 2 aromatic rings. The third-order valence-electron chi connectivity index (χ3n) is 4.12. The summed E-state index contributed by atoms with van der Waals surface area (Å²) >= 11 is 0. The minimum Gasteiger partial charge on any atom is -0.468 e. The van der Waals surface area contributed by atoms with Crippen LogP contribution in [0.4, 0.5) is 0 Å². The van der Waals surface area contributed by atoms with Gasteiger partial charge in [-0.05, 0) is 45.0 Å². The Balaban J connectivity index is 0.00000225. The maximum Gasteiger partial charge on any atom is 0.246 e. The van der Waals surface area contributed by atoms with E-state index in [0.717, 1.165) is 25.4 Å². The first-order valence-electron chi connectivity index (χ1n) is 8.27. The molecule has 1 unspecified atom stereocenters. The molecule has 9 heteroatoms. The molecule has 1 saturated heterocycles. The van der Waals surface area contributed by atoms with E-state index in [2.05, 4.69) is 30.7 Å². The molecular weight excluding hydrogens is 435 g/mol. The van der Waals surface area contributed by atoms with Crippen molar-refractivity contribution in [1.29, 1.82) is 0 Å². The van der Waals surface area contributed by atoms with Gasteiger partial charge in [-0.15, -0.1) is 24.0 Å². The molecule has 3 heterocycles. The Kier molecular flexibility index (Phi) is 7.69. The molecule has 3 rings (SSSR count). The highest BCUT2D eigenvalue weighted by Gasteiger charge is 2.25. The van der Waals surface area contributed by atoms with Crippen molar-refractivity contribution in [3.8, 4) is 0 Å². The maximum absolute atomic E-state index is 5.63. The van der Waals surface area contributed by atoms with Crippen LogP contribution in [0.3, 0.4) is 0 Å². The van der Waals surface area contributed by atoms with Crippen LogP contribution in [0.1, 0.15) is 36.4 Å². The number of aliphatic imine (C=N–C) groups is 1. The van der Waals surface area contributed by atoms with Crippen LogP contribution in [-0.4, -0.2) is 47.7 Å². The number of nitrogens with one attached hydrogen (secondary N) is 2. The lowest BCUT2D eigenvalue weighted by atomic mass is 10.2. The van der Waals surface area contributed by atoms with Crippen molar-refractivity contribution in [3.63, 3.8) is 0 Å². The van der Waals surface area contributed by atoms with Crippen LogP contribution in [0.25, 0.3) is 0 Å². The average Bonchev–Trinajstić information content (AvgIpc) is 3.33. The minimum atomic E-state index is 0. The van der Waals surface area contributed by atoms with Gasteiger partial charge in [0.15, 0.2) is 11.8 Å². The Hall–Kier alpha value is -1.62. The molecule has 0 aromatic carbocycles. The monoisotopic (exact) mass is 460 g/mol. The van der Waals surface area contributed by atoms with E-state index >= 15 is 0 Å². The first-order chi connectivity index (χ1) is 11.8. The van der Waals surface area contributed by atoms with Crippen molar-refractivity contribution in [1.82, 2.24) is 25.7 Å². The molecule has 1 atom stereocenters. The molecule has 0 bridgehead atoms. The highest BCUT2D eigenvalue weighted by Crippen LogP contribution is 2.24. The van der Waals surface area contributed by atoms with Crippen molar-refractivity contribution in [2.75, 3.05) is 26.7 Å². The first kappa shape index (κ1) is 19.7. The topological polar surface area (TPSA) is 91.7 Å². The van der Waals surface area contributed by atoms with E-state index < -0.39 is 0 Å². The molecule has 1 aliphatic heterocycles. The number of nitrogens with zero attached hydrogens (tertiary/aromatic N) is 4. The molecule has 0 spiro atoms. The van der Waals surface area contributed by atoms with E-state index in [1.165, 1.54) is 12.8 Å². The zero-order valence-electron chi connectivity index (χ0n) is 14.6. The van der Waals surface area contributed by atoms with Crippen LogP contribution in [0, 0.1) is 6.92 Å². The van der Waals surface area contributed by atoms with Crippen molar-refractivity contribution in [2.24, 2.45) is 4.99 Å². The van der Waals surface area contributed by atoms with Gasteiger partial charge in [0.05, 0.1) is 18.8 Å². The third kappa shape index (κ3) is 5.43. The molecule has 138 valence electrons. The van der Waals surface area contributed by atoms with Crippen LogP contribution in [-0.2, 0) is 6.54 Å². The molecule has 2 N–H and O–H groups in total. The number of guanidine groups is 1. The van der Waals surface area contributed by atoms with E-state index in [1.54, 1.807) is 20.2 Å². The standard InChI is InChI=1S/C16H24N6O2.HI/c1-12-20-15(24-21-12)11-19-16(17-2)18-10-13(14-6-5-9-23-14)22-7-3-4-8-22;/h5-6,9,13H,3-4,7-8,10-11H2,1-2H3,(H2,17,18,19);1H. The van der Waals surface area contributed by atoms with Crippen molar-refractivity contribution in [3.05, 3.63) is 35.9 Å². The van der Waals surface area contributed by atoms with E-state index in [0.29, 0.717) is 24.2 Å². The summed E-state index contributed by atoms with van der Waals surface area (Å²) in [5.74, 6) is 2.84. The van der Waals surface area contributed by atoms with E-state index in [-0.39, 0.29) is 30.0 Å². The zero-order chi connectivity index (χ0) is 16.8. The molecule has 1 fully saturated rings. The molecule has 25 heavy (non-hydrogen) atoms. The Bertz CT molecular complexity index is 651. The molecule has 1 aliphatic rings. The normalized spacial score (nSPS) is 16.5. The van der Waals surface area contributed by atoms with Crippen molar-refractivity contribution in [2.45, 2.75) is 32.4 Å². The van der Waals surface area contributed by atoms with Gasteiger partial charge in [-0.25, -0.2) is 0 Å². The van der Waals surface area contributed by atoms with Crippen LogP contribution in [0.2, 0.25) is 0 Å². The van der Waals surface area contributed by atoms with Gasteiger partial charge in [0.2, 0.25) is 5.89 Å². The summed E-state index contributed by atoms with van der Waals surface area (Å²) in [4.78, 5) is 10.9.